The molecule has 0 aliphatic carbocycles. The van der Waals surface area contributed by atoms with Crippen LogP contribution in [-0.2, 0) is 23.9 Å². The number of methoxy groups -OCH3 is 1. The highest BCUT2D eigenvalue weighted by Gasteiger charge is 2.36. The molecule has 0 saturated carbocycles. The molecule has 1 aromatic heterocycles. The van der Waals surface area contributed by atoms with Gasteiger partial charge in [0.15, 0.2) is 0 Å². The van der Waals surface area contributed by atoms with Crippen molar-refractivity contribution in [3.63, 3.8) is 0 Å². The zero-order chi connectivity index (χ0) is 17.0. The minimum atomic E-state index is -1.13. The second-order valence-corrected chi connectivity index (χ2v) is 4.68. The van der Waals surface area contributed by atoms with E-state index in [-0.39, 0.29) is 13.0 Å². The van der Waals surface area contributed by atoms with E-state index in [2.05, 4.69) is 9.72 Å². The normalized spacial score (nSPS) is 23.5. The van der Waals surface area contributed by atoms with Gasteiger partial charge in [-0.15, -0.1) is 0 Å². The molecular formula is C12H15N3O8. The van der Waals surface area contributed by atoms with Crippen LogP contribution in [0.2, 0.25) is 0 Å². The van der Waals surface area contributed by atoms with Crippen LogP contribution in [0, 0.1) is 0 Å². The molecule has 11 nitrogen and oxygen atoms in total. The first-order valence-corrected chi connectivity index (χ1v) is 6.57. The second kappa shape index (κ2) is 7.17. The molecule has 2 rings (SSSR count). The molecule has 0 spiro atoms. The van der Waals surface area contributed by atoms with E-state index in [0.29, 0.717) is 0 Å². The minimum absolute atomic E-state index is 0.0882. The van der Waals surface area contributed by atoms with Crippen LogP contribution in [0.1, 0.15) is 12.6 Å². The number of hydrogen-bond acceptors (Lipinski definition) is 8. The number of aliphatic hydroxyl groups excluding tert-OH is 1. The van der Waals surface area contributed by atoms with Gasteiger partial charge in [-0.25, -0.2) is 15.1 Å². The topological polar surface area (TPSA) is 149 Å². The Bertz CT molecular complexity index is 696. The zero-order valence-electron chi connectivity index (χ0n) is 12.1. The molecule has 0 bridgehead atoms. The lowest BCUT2D eigenvalue weighted by atomic mass is 10.2. The van der Waals surface area contributed by atoms with Gasteiger partial charge < -0.3 is 14.6 Å². The lowest BCUT2D eigenvalue weighted by Crippen LogP contribution is -2.36. The number of carbonyl (C=O) groups is 2. The van der Waals surface area contributed by atoms with E-state index in [9.17, 15) is 24.3 Å². The highest BCUT2D eigenvalue weighted by Crippen LogP contribution is 2.27. The predicted molar refractivity (Wildman–Crippen MR) is 72.0 cm³/mol. The Balaban J connectivity index is 1.91. The van der Waals surface area contributed by atoms with Gasteiger partial charge >= 0.3 is 17.6 Å². The summed E-state index contributed by atoms with van der Waals surface area (Å²) in [6.07, 6.45) is -1.25. The van der Waals surface area contributed by atoms with Gasteiger partial charge in [0.2, 0.25) is 0 Å². The summed E-state index contributed by atoms with van der Waals surface area (Å²) in [4.78, 5) is 51.5. The average Bonchev–Trinajstić information content (AvgIpc) is 2.87. The number of esters is 1. The Kier molecular flexibility index (Phi) is 5.26. The van der Waals surface area contributed by atoms with Crippen molar-refractivity contribution in [2.75, 3.05) is 13.7 Å². The van der Waals surface area contributed by atoms with Crippen LogP contribution in [0.4, 0.5) is 0 Å². The average molecular weight is 329 g/mol. The lowest BCUT2D eigenvalue weighted by molar-refractivity contribution is -0.161. The SMILES string of the molecule is COC(=O)C(=O)NOC[C@H]1O[C@@H](n2ccc(=O)[nH]c2=O)C[C@@H]1O. The third-order valence-electron chi connectivity index (χ3n) is 3.15. The zero-order valence-corrected chi connectivity index (χ0v) is 12.1. The molecule has 23 heavy (non-hydrogen) atoms. The van der Waals surface area contributed by atoms with Gasteiger partial charge in [0.05, 0.1) is 13.2 Å². The molecular weight excluding hydrogens is 314 g/mol. The summed E-state index contributed by atoms with van der Waals surface area (Å²) in [5.74, 6) is -2.23. The van der Waals surface area contributed by atoms with Gasteiger partial charge in [0.1, 0.15) is 18.9 Å². The van der Waals surface area contributed by atoms with E-state index >= 15 is 0 Å². The second-order valence-electron chi connectivity index (χ2n) is 4.68. The van der Waals surface area contributed by atoms with Crippen molar-refractivity contribution in [3.8, 4) is 0 Å². The summed E-state index contributed by atoms with van der Waals surface area (Å²) in [7, 11) is 1.04. The molecule has 1 aromatic rings. The molecule has 3 atom stereocenters. The monoisotopic (exact) mass is 329 g/mol. The number of aliphatic hydroxyl groups is 1. The summed E-state index contributed by atoms with van der Waals surface area (Å²) in [5, 5.41) is 9.89. The third kappa shape index (κ3) is 4.03. The van der Waals surface area contributed by atoms with E-state index in [0.717, 1.165) is 17.7 Å². The molecule has 126 valence electrons. The fourth-order valence-electron chi connectivity index (χ4n) is 2.01. The molecule has 2 heterocycles. The Morgan fingerprint density at radius 2 is 2.26 bits per heavy atom. The van der Waals surface area contributed by atoms with Crippen molar-refractivity contribution >= 4 is 11.9 Å². The van der Waals surface area contributed by atoms with Gasteiger partial charge in [-0.2, -0.15) is 0 Å². The Morgan fingerprint density at radius 3 is 2.91 bits per heavy atom. The van der Waals surface area contributed by atoms with E-state index in [1.165, 1.54) is 6.20 Å². The van der Waals surface area contributed by atoms with E-state index in [1.807, 2.05) is 5.48 Å². The molecule has 1 saturated heterocycles. The number of hydrogen-bond donors (Lipinski definition) is 3. The molecule has 1 fully saturated rings. The standard InChI is InChI=1S/C12H15N3O8/c1-21-11(19)10(18)14-22-5-7-6(16)4-9(23-7)15-3-2-8(17)13-12(15)20/h2-3,6-7,9,16H,4-5H2,1H3,(H,14,18)(H,13,17,20)/t6-,7+,9+/m0/s1. The summed E-state index contributed by atoms with van der Waals surface area (Å²) in [5.41, 5.74) is 0.616. The first-order valence-electron chi connectivity index (χ1n) is 6.57. The maximum absolute atomic E-state index is 11.7. The van der Waals surface area contributed by atoms with Gasteiger partial charge in [-0.05, 0) is 0 Å². The molecule has 1 amide bonds. The fourth-order valence-corrected chi connectivity index (χ4v) is 2.01. The first kappa shape index (κ1) is 16.9. The number of rotatable bonds is 4. The fraction of sp³-hybridized carbons (Fsp3) is 0.500. The Hall–Kier alpha value is -2.50. The van der Waals surface area contributed by atoms with Crippen LogP contribution in [0.15, 0.2) is 21.9 Å². The molecule has 1 aliphatic rings. The van der Waals surface area contributed by atoms with Crippen molar-refractivity contribution in [3.05, 3.63) is 33.1 Å². The van der Waals surface area contributed by atoms with Crippen molar-refractivity contribution in [2.45, 2.75) is 24.9 Å². The number of ether oxygens (including phenoxy) is 2. The number of nitrogens with one attached hydrogen (secondary N) is 2. The smallest absolute Gasteiger partial charge is 0.398 e. The highest BCUT2D eigenvalue weighted by molar-refractivity contribution is 6.32. The molecule has 0 radical (unpaired) electrons. The van der Waals surface area contributed by atoms with Crippen molar-refractivity contribution in [2.24, 2.45) is 0 Å². The number of nitrogens with zero attached hydrogens (tertiary/aromatic N) is 1. The maximum Gasteiger partial charge on any atom is 0.398 e. The van der Waals surface area contributed by atoms with Crippen LogP contribution < -0.4 is 16.7 Å². The van der Waals surface area contributed by atoms with Crippen molar-refractivity contribution < 1.29 is 29.0 Å². The number of aromatic amines is 1. The molecule has 1 aliphatic heterocycles. The predicted octanol–water partition coefficient (Wildman–Crippen LogP) is -2.59. The van der Waals surface area contributed by atoms with Crippen LogP contribution in [-0.4, -0.2) is 52.5 Å². The first-order chi connectivity index (χ1) is 10.9. The summed E-state index contributed by atoms with van der Waals surface area (Å²) < 4.78 is 10.7. The molecule has 11 heteroatoms. The van der Waals surface area contributed by atoms with Crippen LogP contribution in [0.3, 0.4) is 0 Å². The van der Waals surface area contributed by atoms with E-state index < -0.39 is 41.6 Å². The summed E-state index contributed by atoms with van der Waals surface area (Å²) in [6.45, 7) is -0.251. The van der Waals surface area contributed by atoms with E-state index in [1.54, 1.807) is 0 Å². The molecule has 3 N–H and O–H groups in total. The molecule has 0 aromatic carbocycles. The van der Waals surface area contributed by atoms with Crippen molar-refractivity contribution in [1.82, 2.24) is 15.0 Å². The van der Waals surface area contributed by atoms with Crippen molar-refractivity contribution in [1.29, 1.82) is 0 Å². The number of H-pyrrole nitrogens is 1. The van der Waals surface area contributed by atoms with Crippen LogP contribution >= 0.6 is 0 Å². The van der Waals surface area contributed by atoms with Gasteiger partial charge in [0, 0.05) is 18.7 Å². The minimum Gasteiger partial charge on any atom is -0.462 e. The summed E-state index contributed by atoms with van der Waals surface area (Å²) in [6, 6.07) is 1.15. The Morgan fingerprint density at radius 1 is 1.52 bits per heavy atom. The lowest BCUT2D eigenvalue weighted by Gasteiger charge is -2.15. The quantitative estimate of drug-likeness (QED) is 0.309. The molecule has 0 unspecified atom stereocenters. The van der Waals surface area contributed by atoms with Crippen LogP contribution in [0.25, 0.3) is 0 Å². The number of aromatic nitrogens is 2. The van der Waals surface area contributed by atoms with Gasteiger partial charge in [-0.3, -0.25) is 24.0 Å². The number of carbonyl (C=O) groups excluding carboxylic acids is 2. The van der Waals surface area contributed by atoms with Gasteiger partial charge in [-0.1, -0.05) is 0 Å². The van der Waals surface area contributed by atoms with Crippen LogP contribution in [0.5, 0.6) is 0 Å². The summed E-state index contributed by atoms with van der Waals surface area (Å²) >= 11 is 0. The maximum atomic E-state index is 11.7. The largest absolute Gasteiger partial charge is 0.462 e. The number of hydroxylamine groups is 1. The highest BCUT2D eigenvalue weighted by atomic mass is 16.7. The third-order valence-corrected chi connectivity index (χ3v) is 3.15. The number of amides is 1. The van der Waals surface area contributed by atoms with Gasteiger partial charge in [0.25, 0.3) is 5.56 Å². The Labute approximate surface area is 128 Å². The van der Waals surface area contributed by atoms with E-state index in [4.69, 9.17) is 9.57 Å².